The molecule has 1 amide bonds. The summed E-state index contributed by atoms with van der Waals surface area (Å²) in [5.74, 6) is 1.75. The Labute approximate surface area is 139 Å². The summed E-state index contributed by atoms with van der Waals surface area (Å²) in [5, 5.41) is 11.7. The second kappa shape index (κ2) is 7.50. The van der Waals surface area contributed by atoms with E-state index < -0.39 is 0 Å². The lowest BCUT2D eigenvalue weighted by molar-refractivity contribution is -0.125. The zero-order valence-corrected chi connectivity index (χ0v) is 13.9. The molecule has 1 aromatic carbocycles. The highest BCUT2D eigenvalue weighted by Gasteiger charge is 2.23. The van der Waals surface area contributed by atoms with E-state index in [1.54, 1.807) is 18.1 Å². The number of hydrogen-bond donors (Lipinski definition) is 1. The quantitative estimate of drug-likeness (QED) is 0.666. The number of amides is 1. The van der Waals surface area contributed by atoms with Crippen molar-refractivity contribution in [2.75, 3.05) is 18.9 Å². The van der Waals surface area contributed by atoms with Crippen LogP contribution in [0.1, 0.15) is 12.0 Å². The lowest BCUT2D eigenvalue weighted by Gasteiger charge is -2.13. The van der Waals surface area contributed by atoms with Gasteiger partial charge in [0, 0.05) is 25.3 Å². The third kappa shape index (κ3) is 4.04. The molecule has 1 N–H and O–H groups in total. The minimum Gasteiger partial charge on any atom is -0.493 e. The molecule has 1 aliphatic rings. The summed E-state index contributed by atoms with van der Waals surface area (Å²) in [4.78, 5) is 12.4. The normalized spacial score (nSPS) is 17.0. The zero-order chi connectivity index (χ0) is 16.1. The number of nitrogens with one attached hydrogen (secondary N) is 1. The van der Waals surface area contributed by atoms with Crippen molar-refractivity contribution in [3.63, 3.8) is 0 Å². The maximum Gasteiger partial charge on any atom is 0.223 e. The standard InChI is InChI=1S/C16H20N4O2S/c1-20-11-18-19-16(20)23-9-7-17-15(21)13-6-8-22-14-5-3-2-4-12(14)10-13/h2-5,11,13H,6-10H2,1H3,(H,17,21)/t13-/m0/s1. The number of para-hydroxylation sites is 1. The predicted octanol–water partition coefficient (Wildman–Crippen LogP) is 1.66. The average Bonchev–Trinajstić information content (AvgIpc) is 2.84. The van der Waals surface area contributed by atoms with Crippen LogP contribution in [-0.2, 0) is 18.3 Å². The minimum absolute atomic E-state index is 0.0292. The highest BCUT2D eigenvalue weighted by molar-refractivity contribution is 7.99. The van der Waals surface area contributed by atoms with E-state index in [1.165, 1.54) is 0 Å². The van der Waals surface area contributed by atoms with Crippen LogP contribution in [0.2, 0.25) is 0 Å². The summed E-state index contributed by atoms with van der Waals surface area (Å²) < 4.78 is 7.58. The smallest absolute Gasteiger partial charge is 0.223 e. The molecule has 23 heavy (non-hydrogen) atoms. The zero-order valence-electron chi connectivity index (χ0n) is 13.1. The van der Waals surface area contributed by atoms with Crippen LogP contribution in [0.3, 0.4) is 0 Å². The van der Waals surface area contributed by atoms with Gasteiger partial charge in [-0.15, -0.1) is 10.2 Å². The van der Waals surface area contributed by atoms with E-state index in [0.717, 1.165) is 35.1 Å². The van der Waals surface area contributed by atoms with Crippen LogP contribution in [0.5, 0.6) is 5.75 Å². The molecule has 7 heteroatoms. The SMILES string of the molecule is Cn1cnnc1SCCNC(=O)[C@H]1CCOc2ccccc2C1. The van der Waals surface area contributed by atoms with Crippen LogP contribution in [0.25, 0.3) is 0 Å². The minimum atomic E-state index is -0.0292. The van der Waals surface area contributed by atoms with Gasteiger partial charge in [-0.05, 0) is 24.5 Å². The number of nitrogens with zero attached hydrogens (tertiary/aromatic N) is 3. The van der Waals surface area contributed by atoms with E-state index in [2.05, 4.69) is 15.5 Å². The fourth-order valence-corrected chi connectivity index (χ4v) is 3.32. The molecule has 1 aliphatic heterocycles. The molecule has 1 aromatic heterocycles. The molecular formula is C16H20N4O2S. The lowest BCUT2D eigenvalue weighted by Crippen LogP contribution is -2.33. The Bertz CT molecular complexity index is 674. The van der Waals surface area contributed by atoms with Crippen LogP contribution >= 0.6 is 11.8 Å². The molecule has 0 spiro atoms. The highest BCUT2D eigenvalue weighted by atomic mass is 32.2. The molecule has 2 heterocycles. The summed E-state index contributed by atoms with van der Waals surface area (Å²) in [6, 6.07) is 7.95. The van der Waals surface area contributed by atoms with Gasteiger partial charge >= 0.3 is 0 Å². The fraction of sp³-hybridized carbons (Fsp3) is 0.438. The van der Waals surface area contributed by atoms with Gasteiger partial charge in [0.2, 0.25) is 5.91 Å². The molecule has 122 valence electrons. The number of rotatable bonds is 5. The largest absolute Gasteiger partial charge is 0.493 e. The van der Waals surface area contributed by atoms with Crippen LogP contribution in [0, 0.1) is 5.92 Å². The van der Waals surface area contributed by atoms with Gasteiger partial charge in [-0.2, -0.15) is 0 Å². The molecule has 2 aromatic rings. The Morgan fingerprint density at radius 3 is 3.17 bits per heavy atom. The lowest BCUT2D eigenvalue weighted by atomic mass is 9.96. The molecular weight excluding hydrogens is 312 g/mol. The number of ether oxygens (including phenoxy) is 1. The number of hydrogen-bond acceptors (Lipinski definition) is 5. The van der Waals surface area contributed by atoms with Gasteiger partial charge in [0.05, 0.1) is 6.61 Å². The number of carbonyl (C=O) groups is 1. The van der Waals surface area contributed by atoms with Gasteiger partial charge in [-0.25, -0.2) is 0 Å². The molecule has 0 fully saturated rings. The maximum absolute atomic E-state index is 12.4. The van der Waals surface area contributed by atoms with E-state index in [9.17, 15) is 4.79 Å². The highest BCUT2D eigenvalue weighted by Crippen LogP contribution is 2.26. The molecule has 0 radical (unpaired) electrons. The fourth-order valence-electron chi connectivity index (χ4n) is 2.58. The third-order valence-electron chi connectivity index (χ3n) is 3.84. The van der Waals surface area contributed by atoms with Crippen LogP contribution in [0.4, 0.5) is 0 Å². The first kappa shape index (κ1) is 15.9. The predicted molar refractivity (Wildman–Crippen MR) is 88.5 cm³/mol. The van der Waals surface area contributed by atoms with Crippen molar-refractivity contribution in [1.82, 2.24) is 20.1 Å². The summed E-state index contributed by atoms with van der Waals surface area (Å²) in [6.07, 6.45) is 3.15. The van der Waals surface area contributed by atoms with Gasteiger partial charge in [0.1, 0.15) is 12.1 Å². The number of carbonyl (C=O) groups excluding carboxylic acids is 1. The van der Waals surface area contributed by atoms with Gasteiger partial charge in [0.25, 0.3) is 0 Å². The second-order valence-electron chi connectivity index (χ2n) is 5.51. The summed E-state index contributed by atoms with van der Waals surface area (Å²) in [6.45, 7) is 1.21. The molecule has 3 rings (SSSR count). The van der Waals surface area contributed by atoms with E-state index >= 15 is 0 Å². The van der Waals surface area contributed by atoms with E-state index in [4.69, 9.17) is 4.74 Å². The van der Waals surface area contributed by atoms with Crippen molar-refractivity contribution in [3.05, 3.63) is 36.2 Å². The van der Waals surface area contributed by atoms with Crippen molar-refractivity contribution in [2.45, 2.75) is 18.0 Å². The van der Waals surface area contributed by atoms with E-state index in [0.29, 0.717) is 13.2 Å². The van der Waals surface area contributed by atoms with Gasteiger partial charge in [-0.3, -0.25) is 4.79 Å². The Morgan fingerprint density at radius 2 is 2.35 bits per heavy atom. The topological polar surface area (TPSA) is 69.0 Å². The van der Waals surface area contributed by atoms with Crippen molar-refractivity contribution in [2.24, 2.45) is 13.0 Å². The van der Waals surface area contributed by atoms with Crippen molar-refractivity contribution in [3.8, 4) is 5.75 Å². The monoisotopic (exact) mass is 332 g/mol. The molecule has 0 saturated heterocycles. The molecule has 0 saturated carbocycles. The van der Waals surface area contributed by atoms with E-state index in [1.807, 2.05) is 35.9 Å². The van der Waals surface area contributed by atoms with Gasteiger partial charge in [-0.1, -0.05) is 30.0 Å². The molecule has 6 nitrogen and oxygen atoms in total. The number of aromatic nitrogens is 3. The molecule has 0 unspecified atom stereocenters. The van der Waals surface area contributed by atoms with Crippen LogP contribution < -0.4 is 10.1 Å². The third-order valence-corrected chi connectivity index (χ3v) is 4.87. The number of aryl methyl sites for hydroxylation is 1. The molecule has 0 bridgehead atoms. The first-order valence-electron chi connectivity index (χ1n) is 7.69. The van der Waals surface area contributed by atoms with Crippen molar-refractivity contribution >= 4 is 17.7 Å². The van der Waals surface area contributed by atoms with Crippen molar-refractivity contribution in [1.29, 1.82) is 0 Å². The number of thioether (sulfide) groups is 1. The first-order valence-corrected chi connectivity index (χ1v) is 8.68. The average molecular weight is 332 g/mol. The van der Waals surface area contributed by atoms with Gasteiger partial charge in [0.15, 0.2) is 5.16 Å². The van der Waals surface area contributed by atoms with E-state index in [-0.39, 0.29) is 11.8 Å². The van der Waals surface area contributed by atoms with Crippen LogP contribution in [0.15, 0.2) is 35.7 Å². The summed E-state index contributed by atoms with van der Waals surface area (Å²) in [5.41, 5.74) is 1.11. The second-order valence-corrected chi connectivity index (χ2v) is 6.57. The summed E-state index contributed by atoms with van der Waals surface area (Å²) in [7, 11) is 1.91. The molecule has 1 atom stereocenters. The number of benzene rings is 1. The number of fused-ring (bicyclic) bond motifs is 1. The van der Waals surface area contributed by atoms with Crippen LogP contribution in [-0.4, -0.2) is 39.6 Å². The van der Waals surface area contributed by atoms with Gasteiger partial charge < -0.3 is 14.6 Å². The van der Waals surface area contributed by atoms with Crippen molar-refractivity contribution < 1.29 is 9.53 Å². The molecule has 0 aliphatic carbocycles. The Kier molecular flexibility index (Phi) is 5.17. The maximum atomic E-state index is 12.4. The Morgan fingerprint density at radius 1 is 1.48 bits per heavy atom. The summed E-state index contributed by atoms with van der Waals surface area (Å²) >= 11 is 1.58. The first-order chi connectivity index (χ1) is 11.2. The Hall–Kier alpha value is -2.02. The Balaban J connectivity index is 1.48.